The van der Waals surface area contributed by atoms with Crippen molar-refractivity contribution in [3.05, 3.63) is 11.6 Å². The highest BCUT2D eigenvalue weighted by atomic mass is 16.3. The second kappa shape index (κ2) is 7.75. The molecule has 0 aromatic rings. The van der Waals surface area contributed by atoms with Crippen LogP contribution in [0.2, 0.25) is 0 Å². The molecular weight excluding hydrogens is 368 g/mol. The Kier molecular flexibility index (Phi) is 5.83. The van der Waals surface area contributed by atoms with Crippen molar-refractivity contribution >= 4 is 5.78 Å². The Morgan fingerprint density at radius 3 is 2.50 bits per heavy atom. The number of aliphatic hydroxyl groups excluding tert-OH is 1. The lowest BCUT2D eigenvalue weighted by Gasteiger charge is -2.64. The number of rotatable bonds is 4. The van der Waals surface area contributed by atoms with Crippen molar-refractivity contribution < 1.29 is 9.90 Å². The van der Waals surface area contributed by atoms with Gasteiger partial charge in [-0.15, -0.1) is 0 Å². The molecule has 4 aliphatic carbocycles. The molecule has 30 heavy (non-hydrogen) atoms. The van der Waals surface area contributed by atoms with Crippen molar-refractivity contribution in [3.63, 3.8) is 0 Å². The van der Waals surface area contributed by atoms with Crippen LogP contribution in [0.25, 0.3) is 0 Å². The van der Waals surface area contributed by atoms with Gasteiger partial charge in [-0.3, -0.25) is 4.79 Å². The van der Waals surface area contributed by atoms with Gasteiger partial charge in [0.15, 0.2) is 0 Å². The molecule has 0 bridgehead atoms. The van der Waals surface area contributed by atoms with Crippen LogP contribution in [0.4, 0.5) is 0 Å². The minimum Gasteiger partial charge on any atom is -0.393 e. The summed E-state index contributed by atoms with van der Waals surface area (Å²) in [5, 5.41) is 10.0. The topological polar surface area (TPSA) is 37.3 Å². The molecule has 0 aromatic carbocycles. The summed E-state index contributed by atoms with van der Waals surface area (Å²) in [5.74, 6) is 3.79. The van der Waals surface area contributed by atoms with Gasteiger partial charge in [-0.05, 0) is 118 Å². The molecule has 9 unspecified atom stereocenters. The molecule has 0 radical (unpaired) electrons. The summed E-state index contributed by atoms with van der Waals surface area (Å²) in [7, 11) is 0. The van der Waals surface area contributed by atoms with Gasteiger partial charge in [0.2, 0.25) is 0 Å². The molecule has 0 spiro atoms. The third-order valence-corrected chi connectivity index (χ3v) is 11.1. The molecule has 4 aliphatic rings. The van der Waals surface area contributed by atoms with E-state index < -0.39 is 0 Å². The normalized spacial score (nSPS) is 49.3. The quantitative estimate of drug-likeness (QED) is 0.505. The lowest BCUT2D eigenvalue weighted by atomic mass is 9.40. The number of allylic oxidation sites excluding steroid dienone is 2. The van der Waals surface area contributed by atoms with E-state index in [0.29, 0.717) is 34.4 Å². The highest BCUT2D eigenvalue weighted by molar-refractivity contribution is 5.83. The standard InChI is InChI=1S/C28H46O2/c1-18-9-15-28(21(4)30)16-12-23-22(24(28)17-18)7-8-25-26(5,14-11-20(3)29)19(2)10-13-27(23,25)6/h7,18-20,23-25,29H,8-17H2,1-6H3. The van der Waals surface area contributed by atoms with Crippen LogP contribution < -0.4 is 0 Å². The SMILES string of the molecule is CC(=O)C12CCC(C)CC1C1=CCC3C(C)(CCC(C)O)C(C)CCC3(C)C1CC2. The molecular formula is C28H46O2. The van der Waals surface area contributed by atoms with Gasteiger partial charge in [-0.1, -0.05) is 39.3 Å². The number of fused-ring (bicyclic) bond motifs is 5. The smallest absolute Gasteiger partial charge is 0.136 e. The number of aliphatic hydroxyl groups is 1. The van der Waals surface area contributed by atoms with E-state index in [9.17, 15) is 9.90 Å². The van der Waals surface area contributed by atoms with Gasteiger partial charge in [0.1, 0.15) is 5.78 Å². The predicted octanol–water partition coefficient (Wildman–Crippen LogP) is 6.96. The van der Waals surface area contributed by atoms with Gasteiger partial charge >= 0.3 is 0 Å². The van der Waals surface area contributed by atoms with Gasteiger partial charge in [-0.2, -0.15) is 0 Å². The molecule has 9 atom stereocenters. The molecule has 2 nitrogen and oxygen atoms in total. The Morgan fingerprint density at radius 2 is 1.83 bits per heavy atom. The predicted molar refractivity (Wildman–Crippen MR) is 124 cm³/mol. The van der Waals surface area contributed by atoms with Crippen LogP contribution in [0.1, 0.15) is 106 Å². The fraction of sp³-hybridized carbons (Fsp3) is 0.893. The van der Waals surface area contributed by atoms with Gasteiger partial charge in [0.05, 0.1) is 6.10 Å². The van der Waals surface area contributed by atoms with Crippen molar-refractivity contribution in [1.82, 2.24) is 0 Å². The second-order valence-corrected chi connectivity index (χ2v) is 12.6. The van der Waals surface area contributed by atoms with Gasteiger partial charge in [0.25, 0.3) is 0 Å². The van der Waals surface area contributed by atoms with E-state index in [1.54, 1.807) is 5.57 Å². The molecule has 0 saturated heterocycles. The van der Waals surface area contributed by atoms with Crippen LogP contribution in [0.15, 0.2) is 11.6 Å². The van der Waals surface area contributed by atoms with Gasteiger partial charge in [0, 0.05) is 5.41 Å². The average Bonchev–Trinajstić information content (AvgIpc) is 2.69. The summed E-state index contributed by atoms with van der Waals surface area (Å²) in [6, 6.07) is 0. The van der Waals surface area contributed by atoms with Crippen molar-refractivity contribution in [3.8, 4) is 0 Å². The summed E-state index contributed by atoms with van der Waals surface area (Å²) < 4.78 is 0. The number of Topliss-reactive ketones (excluding diaryl/α,β-unsaturated/α-hetero) is 1. The highest BCUT2D eigenvalue weighted by Gasteiger charge is 2.61. The molecule has 4 rings (SSSR count). The Balaban J connectivity index is 1.71. The molecule has 1 N–H and O–H groups in total. The van der Waals surface area contributed by atoms with Crippen LogP contribution in [-0.2, 0) is 4.79 Å². The van der Waals surface area contributed by atoms with E-state index in [1.807, 2.05) is 13.8 Å². The first-order valence-corrected chi connectivity index (χ1v) is 12.9. The molecule has 3 fully saturated rings. The van der Waals surface area contributed by atoms with E-state index >= 15 is 0 Å². The molecule has 0 aromatic heterocycles. The summed E-state index contributed by atoms with van der Waals surface area (Å²) in [4.78, 5) is 12.9. The lowest BCUT2D eigenvalue weighted by molar-refractivity contribution is -0.140. The largest absolute Gasteiger partial charge is 0.393 e. The zero-order chi connectivity index (χ0) is 21.9. The maximum absolute atomic E-state index is 12.9. The summed E-state index contributed by atoms with van der Waals surface area (Å²) in [6.45, 7) is 13.8. The number of hydrogen-bond donors (Lipinski definition) is 1. The second-order valence-electron chi connectivity index (χ2n) is 12.6. The van der Waals surface area contributed by atoms with Gasteiger partial charge in [-0.25, -0.2) is 0 Å². The van der Waals surface area contributed by atoms with E-state index in [0.717, 1.165) is 37.5 Å². The summed E-state index contributed by atoms with van der Waals surface area (Å²) in [5.41, 5.74) is 2.29. The van der Waals surface area contributed by atoms with E-state index in [1.165, 1.54) is 38.5 Å². The van der Waals surface area contributed by atoms with E-state index in [-0.39, 0.29) is 11.5 Å². The maximum Gasteiger partial charge on any atom is 0.136 e. The number of carbonyl (C=O) groups is 1. The monoisotopic (exact) mass is 414 g/mol. The molecule has 0 heterocycles. The van der Waals surface area contributed by atoms with Crippen molar-refractivity contribution in [1.29, 1.82) is 0 Å². The van der Waals surface area contributed by atoms with Gasteiger partial charge < -0.3 is 5.11 Å². The van der Waals surface area contributed by atoms with Crippen LogP contribution in [0.3, 0.4) is 0 Å². The average molecular weight is 415 g/mol. The van der Waals surface area contributed by atoms with Crippen molar-refractivity contribution in [2.24, 2.45) is 45.8 Å². The highest BCUT2D eigenvalue weighted by Crippen LogP contribution is 2.68. The summed E-state index contributed by atoms with van der Waals surface area (Å²) in [6.07, 6.45) is 14.2. The van der Waals surface area contributed by atoms with E-state index in [2.05, 4.69) is 33.8 Å². The Labute approximate surface area is 185 Å². The Bertz CT molecular complexity index is 707. The fourth-order valence-corrected chi connectivity index (χ4v) is 8.86. The zero-order valence-electron chi connectivity index (χ0n) is 20.5. The van der Waals surface area contributed by atoms with Crippen LogP contribution >= 0.6 is 0 Å². The van der Waals surface area contributed by atoms with Crippen LogP contribution in [0.5, 0.6) is 0 Å². The van der Waals surface area contributed by atoms with Crippen LogP contribution in [0, 0.1) is 45.8 Å². The minimum absolute atomic E-state index is 0.0599. The van der Waals surface area contributed by atoms with Crippen molar-refractivity contribution in [2.45, 2.75) is 112 Å². The Hall–Kier alpha value is -0.630. The third kappa shape index (κ3) is 3.26. The number of carbonyl (C=O) groups excluding carboxylic acids is 1. The van der Waals surface area contributed by atoms with Crippen LogP contribution in [-0.4, -0.2) is 17.0 Å². The lowest BCUT2D eigenvalue weighted by Crippen LogP contribution is -2.57. The first-order valence-electron chi connectivity index (χ1n) is 12.9. The third-order valence-electron chi connectivity index (χ3n) is 11.1. The molecule has 0 aliphatic heterocycles. The number of ketones is 1. The molecule has 0 amide bonds. The van der Waals surface area contributed by atoms with E-state index in [4.69, 9.17) is 0 Å². The molecule has 2 heteroatoms. The Morgan fingerprint density at radius 1 is 1.13 bits per heavy atom. The maximum atomic E-state index is 12.9. The molecule has 170 valence electrons. The number of hydrogen-bond acceptors (Lipinski definition) is 2. The molecule has 3 saturated carbocycles. The summed E-state index contributed by atoms with van der Waals surface area (Å²) >= 11 is 0. The minimum atomic E-state index is -0.202. The fourth-order valence-electron chi connectivity index (χ4n) is 8.86. The first-order chi connectivity index (χ1) is 14.0. The van der Waals surface area contributed by atoms with Crippen molar-refractivity contribution in [2.75, 3.05) is 0 Å². The zero-order valence-corrected chi connectivity index (χ0v) is 20.5. The first kappa shape index (κ1) is 22.6.